The van der Waals surface area contributed by atoms with Crippen LogP contribution in [-0.2, 0) is 6.54 Å². The van der Waals surface area contributed by atoms with E-state index in [-0.39, 0.29) is 0 Å². The molecule has 1 aliphatic heterocycles. The second kappa shape index (κ2) is 8.70. The molecule has 0 saturated carbocycles. The Morgan fingerprint density at radius 2 is 2.16 bits per heavy atom. The average molecular weight is 339 g/mol. The third-order valence-electron chi connectivity index (χ3n) is 4.66. The summed E-state index contributed by atoms with van der Waals surface area (Å²) in [7, 11) is 0. The molecule has 1 N–H and O–H groups in total. The zero-order valence-electron chi connectivity index (χ0n) is 15.4. The fraction of sp³-hybridized carbons (Fsp3) is 0.500. The van der Waals surface area contributed by atoms with Crippen molar-refractivity contribution >= 4 is 5.96 Å². The van der Waals surface area contributed by atoms with Gasteiger partial charge in [0.2, 0.25) is 0 Å². The van der Waals surface area contributed by atoms with Gasteiger partial charge in [-0.25, -0.2) is 0 Å². The van der Waals surface area contributed by atoms with Gasteiger partial charge in [-0.3, -0.25) is 9.67 Å². The molecule has 1 fully saturated rings. The van der Waals surface area contributed by atoms with Gasteiger partial charge >= 0.3 is 0 Å². The number of benzene rings is 1. The maximum Gasteiger partial charge on any atom is 0.193 e. The molecule has 25 heavy (non-hydrogen) atoms. The van der Waals surface area contributed by atoms with E-state index < -0.39 is 0 Å². The first kappa shape index (κ1) is 17.5. The van der Waals surface area contributed by atoms with Gasteiger partial charge in [-0.2, -0.15) is 5.10 Å². The van der Waals surface area contributed by atoms with Crippen molar-refractivity contribution in [2.45, 2.75) is 39.2 Å². The molecule has 2 aromatic rings. The number of nitrogens with zero attached hydrogens (tertiary/aromatic N) is 4. The Morgan fingerprint density at radius 3 is 2.88 bits per heavy atom. The first-order valence-electron chi connectivity index (χ1n) is 9.33. The van der Waals surface area contributed by atoms with Crippen LogP contribution in [0.1, 0.15) is 36.8 Å². The molecule has 0 amide bonds. The third kappa shape index (κ3) is 4.84. The molecule has 1 aromatic carbocycles. The second-order valence-electron chi connectivity index (χ2n) is 6.71. The molecular formula is C20H29N5. The molecule has 5 nitrogen and oxygen atoms in total. The highest BCUT2D eigenvalue weighted by atomic mass is 15.3. The fourth-order valence-electron chi connectivity index (χ4n) is 3.38. The van der Waals surface area contributed by atoms with Crippen molar-refractivity contribution < 1.29 is 0 Å². The predicted molar refractivity (Wildman–Crippen MR) is 103 cm³/mol. The van der Waals surface area contributed by atoms with E-state index in [0.29, 0.717) is 5.92 Å². The van der Waals surface area contributed by atoms with Crippen molar-refractivity contribution in [3.05, 3.63) is 53.9 Å². The van der Waals surface area contributed by atoms with Gasteiger partial charge in [0.1, 0.15) is 0 Å². The van der Waals surface area contributed by atoms with E-state index in [0.717, 1.165) is 45.1 Å². The SMILES string of the molecule is CCNC(=NCCCn1cc(C)cn1)N1CCC(c2ccccc2)C1. The standard InChI is InChI=1S/C20H29N5/c1-3-21-20(22-11-7-12-25-15-17(2)14-23-25)24-13-10-19(16-24)18-8-5-4-6-9-18/h4-6,8-9,14-15,19H,3,7,10-13,16H2,1-2H3,(H,21,22). The molecule has 3 rings (SSSR count). The lowest BCUT2D eigenvalue weighted by Gasteiger charge is -2.21. The van der Waals surface area contributed by atoms with E-state index in [1.54, 1.807) is 0 Å². The molecule has 134 valence electrons. The van der Waals surface area contributed by atoms with Crippen LogP contribution >= 0.6 is 0 Å². The predicted octanol–water partition coefficient (Wildman–Crippen LogP) is 3.04. The fourth-order valence-corrected chi connectivity index (χ4v) is 3.38. The zero-order chi connectivity index (χ0) is 17.5. The van der Waals surface area contributed by atoms with E-state index in [1.807, 2.05) is 10.9 Å². The Kier molecular flexibility index (Phi) is 6.09. The molecule has 0 radical (unpaired) electrons. The van der Waals surface area contributed by atoms with Crippen molar-refractivity contribution in [3.63, 3.8) is 0 Å². The van der Waals surface area contributed by atoms with Gasteiger partial charge in [0, 0.05) is 44.8 Å². The van der Waals surface area contributed by atoms with Crippen LogP contribution in [0.15, 0.2) is 47.7 Å². The van der Waals surface area contributed by atoms with Crippen molar-refractivity contribution in [2.24, 2.45) is 4.99 Å². The number of aryl methyl sites for hydroxylation is 2. The van der Waals surface area contributed by atoms with Crippen LogP contribution in [0.25, 0.3) is 0 Å². The Balaban J connectivity index is 1.53. The summed E-state index contributed by atoms with van der Waals surface area (Å²) in [6, 6.07) is 10.8. The highest BCUT2D eigenvalue weighted by Gasteiger charge is 2.25. The first-order valence-corrected chi connectivity index (χ1v) is 9.33. The number of rotatable bonds is 6. The molecule has 0 bridgehead atoms. The molecular weight excluding hydrogens is 310 g/mol. The van der Waals surface area contributed by atoms with Crippen molar-refractivity contribution in [1.82, 2.24) is 20.0 Å². The summed E-state index contributed by atoms with van der Waals surface area (Å²) >= 11 is 0. The second-order valence-corrected chi connectivity index (χ2v) is 6.71. The number of aromatic nitrogens is 2. The Labute approximate surface area is 150 Å². The van der Waals surface area contributed by atoms with Gasteiger partial charge in [0.25, 0.3) is 0 Å². The van der Waals surface area contributed by atoms with E-state index >= 15 is 0 Å². The van der Waals surface area contributed by atoms with Gasteiger partial charge in [0.15, 0.2) is 5.96 Å². The van der Waals surface area contributed by atoms with Crippen LogP contribution in [0.2, 0.25) is 0 Å². The molecule has 0 spiro atoms. The summed E-state index contributed by atoms with van der Waals surface area (Å²) in [5.41, 5.74) is 2.65. The van der Waals surface area contributed by atoms with Gasteiger partial charge in [-0.15, -0.1) is 0 Å². The maximum atomic E-state index is 4.84. The highest BCUT2D eigenvalue weighted by Crippen LogP contribution is 2.26. The quantitative estimate of drug-likeness (QED) is 0.500. The summed E-state index contributed by atoms with van der Waals surface area (Å²) in [5.74, 6) is 1.66. The monoisotopic (exact) mass is 339 g/mol. The van der Waals surface area contributed by atoms with Crippen LogP contribution in [0.5, 0.6) is 0 Å². The number of hydrogen-bond acceptors (Lipinski definition) is 2. The average Bonchev–Trinajstić information content (AvgIpc) is 3.28. The summed E-state index contributed by atoms with van der Waals surface area (Å²) in [6.07, 6.45) is 6.19. The molecule has 0 aliphatic carbocycles. The van der Waals surface area contributed by atoms with Gasteiger partial charge in [-0.1, -0.05) is 30.3 Å². The minimum absolute atomic E-state index is 0.608. The third-order valence-corrected chi connectivity index (χ3v) is 4.66. The van der Waals surface area contributed by atoms with Crippen LogP contribution in [0, 0.1) is 6.92 Å². The Hall–Kier alpha value is -2.30. The molecule has 2 heterocycles. The topological polar surface area (TPSA) is 45.5 Å². The van der Waals surface area contributed by atoms with Crippen molar-refractivity contribution in [2.75, 3.05) is 26.2 Å². The summed E-state index contributed by atoms with van der Waals surface area (Å²) in [4.78, 5) is 7.24. The van der Waals surface area contributed by atoms with Gasteiger partial charge in [-0.05, 0) is 37.8 Å². The molecule has 1 unspecified atom stereocenters. The van der Waals surface area contributed by atoms with Crippen LogP contribution in [0.4, 0.5) is 0 Å². The van der Waals surface area contributed by atoms with Crippen LogP contribution in [-0.4, -0.2) is 46.8 Å². The molecule has 1 aliphatic rings. The van der Waals surface area contributed by atoms with E-state index in [4.69, 9.17) is 4.99 Å². The summed E-state index contributed by atoms with van der Waals surface area (Å²) in [5, 5.41) is 7.78. The van der Waals surface area contributed by atoms with Gasteiger partial charge < -0.3 is 10.2 Å². The van der Waals surface area contributed by atoms with Crippen LogP contribution < -0.4 is 5.32 Å². The number of nitrogens with one attached hydrogen (secondary N) is 1. The molecule has 5 heteroatoms. The normalized spacial score (nSPS) is 17.9. The summed E-state index contributed by atoms with van der Waals surface area (Å²) in [6.45, 7) is 8.98. The number of guanidine groups is 1. The number of aliphatic imine (C=N–C) groups is 1. The van der Waals surface area contributed by atoms with E-state index in [1.165, 1.54) is 17.5 Å². The largest absolute Gasteiger partial charge is 0.357 e. The van der Waals surface area contributed by atoms with Crippen LogP contribution in [0.3, 0.4) is 0 Å². The van der Waals surface area contributed by atoms with Crippen molar-refractivity contribution in [3.8, 4) is 0 Å². The zero-order valence-corrected chi connectivity index (χ0v) is 15.4. The first-order chi connectivity index (χ1) is 12.3. The number of hydrogen-bond donors (Lipinski definition) is 1. The van der Waals surface area contributed by atoms with Gasteiger partial charge in [0.05, 0.1) is 6.20 Å². The molecule has 1 aromatic heterocycles. The molecule has 1 saturated heterocycles. The minimum Gasteiger partial charge on any atom is -0.357 e. The summed E-state index contributed by atoms with van der Waals surface area (Å²) < 4.78 is 2.00. The van der Waals surface area contributed by atoms with E-state index in [9.17, 15) is 0 Å². The lowest BCUT2D eigenvalue weighted by Crippen LogP contribution is -2.40. The number of likely N-dealkylation sites (tertiary alicyclic amines) is 1. The Bertz CT molecular complexity index is 676. The maximum absolute atomic E-state index is 4.84. The minimum atomic E-state index is 0.608. The highest BCUT2D eigenvalue weighted by molar-refractivity contribution is 5.80. The lowest BCUT2D eigenvalue weighted by atomic mass is 9.99. The Morgan fingerprint density at radius 1 is 1.32 bits per heavy atom. The van der Waals surface area contributed by atoms with E-state index in [2.05, 4.69) is 65.7 Å². The molecule has 1 atom stereocenters. The lowest BCUT2D eigenvalue weighted by molar-refractivity contribution is 0.484. The van der Waals surface area contributed by atoms with Crippen molar-refractivity contribution in [1.29, 1.82) is 0 Å². The smallest absolute Gasteiger partial charge is 0.193 e.